The van der Waals surface area contributed by atoms with E-state index in [1.54, 1.807) is 0 Å². The number of carbonyl (C=O) groups is 1. The zero-order valence-corrected chi connectivity index (χ0v) is 13.3. The average Bonchev–Trinajstić information content (AvgIpc) is 3.31. The Morgan fingerprint density at radius 1 is 1.00 bits per heavy atom. The lowest BCUT2D eigenvalue weighted by Crippen LogP contribution is -2.45. The highest BCUT2D eigenvalue weighted by molar-refractivity contribution is 7.99. The van der Waals surface area contributed by atoms with Crippen molar-refractivity contribution in [2.45, 2.75) is 51.0 Å². The van der Waals surface area contributed by atoms with Crippen molar-refractivity contribution in [3.63, 3.8) is 0 Å². The molecule has 3 fully saturated rings. The van der Waals surface area contributed by atoms with Gasteiger partial charge in [-0.1, -0.05) is 0 Å². The predicted molar refractivity (Wildman–Crippen MR) is 85.0 cm³/mol. The molecule has 0 aromatic heterocycles. The van der Waals surface area contributed by atoms with Crippen molar-refractivity contribution in [1.82, 2.24) is 10.2 Å². The van der Waals surface area contributed by atoms with Crippen molar-refractivity contribution in [3.8, 4) is 0 Å². The van der Waals surface area contributed by atoms with E-state index in [-0.39, 0.29) is 0 Å². The highest BCUT2D eigenvalue weighted by atomic mass is 32.2. The molecule has 0 radical (unpaired) electrons. The summed E-state index contributed by atoms with van der Waals surface area (Å²) in [7, 11) is 0. The van der Waals surface area contributed by atoms with E-state index in [2.05, 4.69) is 22.0 Å². The fourth-order valence-electron chi connectivity index (χ4n) is 3.49. The summed E-state index contributed by atoms with van der Waals surface area (Å²) < 4.78 is 0. The van der Waals surface area contributed by atoms with Crippen LogP contribution in [0, 0.1) is 11.8 Å². The van der Waals surface area contributed by atoms with E-state index < -0.39 is 0 Å². The van der Waals surface area contributed by atoms with E-state index in [9.17, 15) is 4.79 Å². The number of nitrogens with one attached hydrogen (secondary N) is 1. The van der Waals surface area contributed by atoms with Crippen LogP contribution in [0.1, 0.15) is 44.9 Å². The van der Waals surface area contributed by atoms with Gasteiger partial charge in [0.15, 0.2) is 0 Å². The van der Waals surface area contributed by atoms with Gasteiger partial charge in [0.1, 0.15) is 0 Å². The topological polar surface area (TPSA) is 32.3 Å². The molecule has 2 heterocycles. The molecule has 1 saturated carbocycles. The van der Waals surface area contributed by atoms with Crippen molar-refractivity contribution < 1.29 is 4.79 Å². The number of thioether (sulfide) groups is 1. The number of amides is 1. The van der Waals surface area contributed by atoms with E-state index >= 15 is 0 Å². The van der Waals surface area contributed by atoms with Crippen molar-refractivity contribution in [2.75, 3.05) is 31.1 Å². The minimum Gasteiger partial charge on any atom is -0.356 e. The van der Waals surface area contributed by atoms with Gasteiger partial charge in [0.25, 0.3) is 0 Å². The third kappa shape index (κ3) is 4.39. The Hall–Kier alpha value is -0.220. The molecule has 114 valence electrons. The van der Waals surface area contributed by atoms with Crippen LogP contribution in [0.3, 0.4) is 0 Å². The van der Waals surface area contributed by atoms with Crippen LogP contribution < -0.4 is 5.32 Å². The van der Waals surface area contributed by atoms with Crippen molar-refractivity contribution in [1.29, 1.82) is 0 Å². The number of nitrogens with zero attached hydrogens (tertiary/aromatic N) is 1. The van der Waals surface area contributed by atoms with Crippen molar-refractivity contribution >= 4 is 17.7 Å². The number of likely N-dealkylation sites (tertiary alicyclic amines) is 1. The lowest BCUT2D eigenvalue weighted by Gasteiger charge is -2.39. The Morgan fingerprint density at radius 3 is 2.35 bits per heavy atom. The van der Waals surface area contributed by atoms with Gasteiger partial charge in [-0.05, 0) is 75.0 Å². The summed E-state index contributed by atoms with van der Waals surface area (Å²) in [6, 6.07) is 0.849. The summed E-state index contributed by atoms with van der Waals surface area (Å²) in [4.78, 5) is 14.4. The van der Waals surface area contributed by atoms with Crippen LogP contribution >= 0.6 is 11.8 Å². The van der Waals surface area contributed by atoms with Crippen molar-refractivity contribution in [2.24, 2.45) is 11.8 Å². The normalized spacial score (nSPS) is 26.6. The molecule has 0 atom stereocenters. The maximum absolute atomic E-state index is 11.7. The van der Waals surface area contributed by atoms with Gasteiger partial charge in [0, 0.05) is 19.0 Å². The molecule has 0 bridgehead atoms. The van der Waals surface area contributed by atoms with Gasteiger partial charge in [0.2, 0.25) is 5.91 Å². The molecule has 2 aliphatic heterocycles. The molecule has 0 spiro atoms. The van der Waals surface area contributed by atoms with Crippen LogP contribution in [-0.4, -0.2) is 48.0 Å². The van der Waals surface area contributed by atoms with E-state index in [1.165, 1.54) is 63.1 Å². The molecule has 1 aliphatic carbocycles. The van der Waals surface area contributed by atoms with Crippen LogP contribution in [0.2, 0.25) is 0 Å². The Bertz CT molecular complexity index is 318. The van der Waals surface area contributed by atoms with E-state index in [4.69, 9.17) is 0 Å². The molecule has 1 amide bonds. The Labute approximate surface area is 127 Å². The first-order chi connectivity index (χ1) is 9.81. The number of piperidine rings is 1. The molecule has 3 rings (SSSR count). The van der Waals surface area contributed by atoms with Gasteiger partial charge < -0.3 is 10.2 Å². The molecule has 1 N–H and O–H groups in total. The molecule has 20 heavy (non-hydrogen) atoms. The highest BCUT2D eigenvalue weighted by Crippen LogP contribution is 2.32. The van der Waals surface area contributed by atoms with Gasteiger partial charge in [-0.3, -0.25) is 4.79 Å². The van der Waals surface area contributed by atoms with Gasteiger partial charge >= 0.3 is 0 Å². The summed E-state index contributed by atoms with van der Waals surface area (Å²) in [5.41, 5.74) is 0. The summed E-state index contributed by atoms with van der Waals surface area (Å²) in [5.74, 6) is 4.41. The van der Waals surface area contributed by atoms with Crippen LogP contribution in [-0.2, 0) is 4.79 Å². The number of hydrogen-bond acceptors (Lipinski definition) is 3. The first kappa shape index (κ1) is 14.7. The van der Waals surface area contributed by atoms with Crippen LogP contribution in [0.5, 0.6) is 0 Å². The van der Waals surface area contributed by atoms with Crippen LogP contribution in [0.4, 0.5) is 0 Å². The average molecular weight is 296 g/mol. The van der Waals surface area contributed by atoms with E-state index in [0.29, 0.717) is 17.7 Å². The zero-order valence-electron chi connectivity index (χ0n) is 12.5. The van der Waals surface area contributed by atoms with Gasteiger partial charge in [0.05, 0.1) is 0 Å². The largest absolute Gasteiger partial charge is 0.356 e. The molecule has 0 aromatic rings. The molecular formula is C16H28N2OS. The van der Waals surface area contributed by atoms with E-state index in [1.807, 2.05) is 0 Å². The van der Waals surface area contributed by atoms with Gasteiger partial charge in [-0.15, -0.1) is 0 Å². The number of carbonyl (C=O) groups excluding carboxylic acids is 1. The van der Waals surface area contributed by atoms with Crippen LogP contribution in [0.25, 0.3) is 0 Å². The summed E-state index contributed by atoms with van der Waals surface area (Å²) in [6.07, 6.45) is 8.62. The molecule has 3 aliphatic rings. The SMILES string of the molecule is O=C(CC1CC1)NCC1CCN(C2CCSCC2)CC1. The minimum absolute atomic E-state index is 0.291. The molecule has 0 aromatic carbocycles. The monoisotopic (exact) mass is 296 g/mol. The molecule has 3 nitrogen and oxygen atoms in total. The maximum Gasteiger partial charge on any atom is 0.220 e. The number of rotatable bonds is 5. The summed E-state index contributed by atoms with van der Waals surface area (Å²) in [6.45, 7) is 3.41. The Morgan fingerprint density at radius 2 is 1.70 bits per heavy atom. The molecule has 0 unspecified atom stereocenters. The first-order valence-electron chi connectivity index (χ1n) is 8.40. The van der Waals surface area contributed by atoms with Gasteiger partial charge in [-0.2, -0.15) is 11.8 Å². The fraction of sp³-hybridized carbons (Fsp3) is 0.938. The third-order valence-electron chi connectivity index (χ3n) is 5.12. The highest BCUT2D eigenvalue weighted by Gasteiger charge is 2.27. The Balaban J connectivity index is 1.32. The fourth-order valence-corrected chi connectivity index (χ4v) is 4.57. The first-order valence-corrected chi connectivity index (χ1v) is 9.55. The minimum atomic E-state index is 0.291. The quantitative estimate of drug-likeness (QED) is 0.846. The molecular weight excluding hydrogens is 268 g/mol. The summed E-state index contributed by atoms with van der Waals surface area (Å²) >= 11 is 2.11. The smallest absolute Gasteiger partial charge is 0.220 e. The third-order valence-corrected chi connectivity index (χ3v) is 6.16. The second kappa shape index (κ2) is 7.17. The van der Waals surface area contributed by atoms with Crippen molar-refractivity contribution in [3.05, 3.63) is 0 Å². The maximum atomic E-state index is 11.7. The molecule has 4 heteroatoms. The summed E-state index contributed by atoms with van der Waals surface area (Å²) in [5, 5.41) is 3.16. The number of hydrogen-bond donors (Lipinski definition) is 1. The Kier molecular flexibility index (Phi) is 5.27. The standard InChI is InChI=1S/C16H28N2OS/c19-16(11-13-1-2-13)17-12-14-3-7-18(8-4-14)15-5-9-20-10-6-15/h13-15H,1-12H2,(H,17,19). The zero-order chi connectivity index (χ0) is 13.8. The lowest BCUT2D eigenvalue weighted by atomic mass is 9.94. The second-order valence-corrected chi connectivity index (χ2v) is 8.00. The van der Waals surface area contributed by atoms with E-state index in [0.717, 1.165) is 19.0 Å². The predicted octanol–water partition coefficient (Wildman–Crippen LogP) is 2.51. The van der Waals surface area contributed by atoms with Crippen LogP contribution in [0.15, 0.2) is 0 Å². The second-order valence-electron chi connectivity index (χ2n) is 6.77. The lowest BCUT2D eigenvalue weighted by molar-refractivity contribution is -0.121. The molecule has 2 saturated heterocycles. The van der Waals surface area contributed by atoms with Gasteiger partial charge in [-0.25, -0.2) is 0 Å².